The highest BCUT2D eigenvalue weighted by molar-refractivity contribution is 5.13. The molecule has 0 amide bonds. The highest BCUT2D eigenvalue weighted by Gasteiger charge is 2.31. The molecule has 0 bridgehead atoms. The average molecular weight is 245 g/mol. The third-order valence-corrected chi connectivity index (χ3v) is 4.58. The lowest BCUT2D eigenvalue weighted by Gasteiger charge is -2.46. The molecule has 3 nitrogen and oxygen atoms in total. The first-order chi connectivity index (χ1) is 8.84. The van der Waals surface area contributed by atoms with E-state index >= 15 is 0 Å². The second-order valence-electron chi connectivity index (χ2n) is 5.64. The van der Waals surface area contributed by atoms with Crippen LogP contribution in [0.1, 0.15) is 37.8 Å². The van der Waals surface area contributed by atoms with Crippen molar-refractivity contribution in [3.05, 3.63) is 30.1 Å². The number of nitrogens with zero attached hydrogens (tertiary/aromatic N) is 3. The van der Waals surface area contributed by atoms with E-state index in [1.54, 1.807) is 0 Å². The van der Waals surface area contributed by atoms with Crippen LogP contribution in [-0.2, 0) is 0 Å². The zero-order valence-corrected chi connectivity index (χ0v) is 11.3. The van der Waals surface area contributed by atoms with Gasteiger partial charge in [-0.15, -0.1) is 0 Å². The lowest BCUT2D eigenvalue weighted by molar-refractivity contribution is 0.0307. The summed E-state index contributed by atoms with van der Waals surface area (Å²) in [6.45, 7) is 7.31. The molecule has 0 N–H and O–H groups in total. The van der Waals surface area contributed by atoms with Crippen molar-refractivity contribution >= 4 is 0 Å². The zero-order valence-electron chi connectivity index (χ0n) is 11.3. The summed E-state index contributed by atoms with van der Waals surface area (Å²) in [6, 6.07) is 5.54. The van der Waals surface area contributed by atoms with Crippen LogP contribution in [0.3, 0.4) is 0 Å². The van der Waals surface area contributed by atoms with Gasteiger partial charge in [0.05, 0.1) is 0 Å². The number of pyridine rings is 1. The zero-order chi connectivity index (χ0) is 12.4. The Kier molecular flexibility index (Phi) is 3.62. The monoisotopic (exact) mass is 245 g/mol. The van der Waals surface area contributed by atoms with Crippen molar-refractivity contribution in [2.24, 2.45) is 0 Å². The Bertz CT molecular complexity index is 379. The molecule has 1 aromatic heterocycles. The van der Waals surface area contributed by atoms with Crippen LogP contribution in [0.5, 0.6) is 0 Å². The molecule has 98 valence electrons. The smallest absolute Gasteiger partial charge is 0.0336 e. The van der Waals surface area contributed by atoms with Crippen molar-refractivity contribution in [3.63, 3.8) is 0 Å². The molecule has 0 aromatic carbocycles. The minimum Gasteiger partial charge on any atom is -0.298 e. The summed E-state index contributed by atoms with van der Waals surface area (Å²) in [7, 11) is 0. The molecular formula is C15H23N3. The SMILES string of the molecule is C[C@H](c1cccnc1)N1CCN2CCCC[C@H]2C1. The fourth-order valence-corrected chi connectivity index (χ4v) is 3.37. The van der Waals surface area contributed by atoms with E-state index in [-0.39, 0.29) is 0 Å². The third-order valence-electron chi connectivity index (χ3n) is 4.58. The number of rotatable bonds is 2. The highest BCUT2D eigenvalue weighted by atomic mass is 15.3. The Hall–Kier alpha value is -0.930. The number of hydrogen-bond acceptors (Lipinski definition) is 3. The van der Waals surface area contributed by atoms with Crippen LogP contribution in [0.4, 0.5) is 0 Å². The molecule has 0 saturated carbocycles. The minimum absolute atomic E-state index is 0.503. The summed E-state index contributed by atoms with van der Waals surface area (Å²) in [4.78, 5) is 9.56. The van der Waals surface area contributed by atoms with Crippen molar-refractivity contribution in [1.82, 2.24) is 14.8 Å². The second-order valence-corrected chi connectivity index (χ2v) is 5.64. The number of fused-ring (bicyclic) bond motifs is 1. The summed E-state index contributed by atoms with van der Waals surface area (Å²) >= 11 is 0. The molecule has 3 rings (SSSR count). The highest BCUT2D eigenvalue weighted by Crippen LogP contribution is 2.26. The molecule has 2 saturated heterocycles. The topological polar surface area (TPSA) is 19.4 Å². The Labute approximate surface area is 110 Å². The first-order valence-electron chi connectivity index (χ1n) is 7.22. The van der Waals surface area contributed by atoms with E-state index in [2.05, 4.69) is 27.8 Å². The van der Waals surface area contributed by atoms with Crippen LogP contribution in [0, 0.1) is 0 Å². The molecule has 2 aliphatic heterocycles. The normalized spacial score (nSPS) is 27.7. The van der Waals surface area contributed by atoms with Crippen LogP contribution >= 0.6 is 0 Å². The predicted molar refractivity (Wildman–Crippen MR) is 73.4 cm³/mol. The molecule has 0 spiro atoms. The molecule has 2 fully saturated rings. The van der Waals surface area contributed by atoms with Gasteiger partial charge in [0.15, 0.2) is 0 Å². The van der Waals surface area contributed by atoms with Crippen LogP contribution < -0.4 is 0 Å². The van der Waals surface area contributed by atoms with Gasteiger partial charge in [0.2, 0.25) is 0 Å². The average Bonchev–Trinajstić information content (AvgIpc) is 2.47. The summed E-state index contributed by atoms with van der Waals surface area (Å²) in [5.74, 6) is 0. The number of piperazine rings is 1. The van der Waals surface area contributed by atoms with Gasteiger partial charge in [-0.25, -0.2) is 0 Å². The van der Waals surface area contributed by atoms with Crippen molar-refractivity contribution in [2.45, 2.75) is 38.3 Å². The number of hydrogen-bond donors (Lipinski definition) is 0. The van der Waals surface area contributed by atoms with Crippen molar-refractivity contribution < 1.29 is 0 Å². The van der Waals surface area contributed by atoms with E-state index in [0.717, 1.165) is 6.04 Å². The van der Waals surface area contributed by atoms with Crippen LogP contribution in [0.15, 0.2) is 24.5 Å². The fourth-order valence-electron chi connectivity index (χ4n) is 3.37. The van der Waals surface area contributed by atoms with Crippen molar-refractivity contribution in [3.8, 4) is 0 Å². The van der Waals surface area contributed by atoms with Gasteiger partial charge in [-0.1, -0.05) is 12.5 Å². The summed E-state index contributed by atoms with van der Waals surface area (Å²) in [5.41, 5.74) is 1.35. The summed E-state index contributed by atoms with van der Waals surface area (Å²) < 4.78 is 0. The van der Waals surface area contributed by atoms with Gasteiger partial charge in [-0.05, 0) is 37.9 Å². The second kappa shape index (κ2) is 5.37. The van der Waals surface area contributed by atoms with Crippen LogP contribution in [0.2, 0.25) is 0 Å². The largest absolute Gasteiger partial charge is 0.298 e. The molecule has 0 aliphatic carbocycles. The van der Waals surface area contributed by atoms with E-state index in [1.807, 2.05) is 18.5 Å². The van der Waals surface area contributed by atoms with Gasteiger partial charge >= 0.3 is 0 Å². The van der Waals surface area contributed by atoms with Crippen LogP contribution in [-0.4, -0.2) is 47.0 Å². The van der Waals surface area contributed by atoms with E-state index < -0.39 is 0 Å². The van der Waals surface area contributed by atoms with Crippen molar-refractivity contribution in [2.75, 3.05) is 26.2 Å². The standard InChI is InChI=1S/C15H23N3/c1-13(14-5-4-7-16-11-14)18-10-9-17-8-3-2-6-15(17)12-18/h4-5,7,11,13,15H,2-3,6,8-10,12H2,1H3/t13-,15+/m1/s1. The molecule has 3 heterocycles. The molecular weight excluding hydrogens is 222 g/mol. The summed E-state index contributed by atoms with van der Waals surface area (Å²) in [6.07, 6.45) is 8.06. The van der Waals surface area contributed by atoms with Gasteiger partial charge in [-0.3, -0.25) is 14.8 Å². The molecule has 2 atom stereocenters. The minimum atomic E-state index is 0.503. The third kappa shape index (κ3) is 2.43. The maximum absolute atomic E-state index is 4.24. The summed E-state index contributed by atoms with van der Waals surface area (Å²) in [5, 5.41) is 0. The number of piperidine rings is 1. The number of aromatic nitrogens is 1. The van der Waals surface area contributed by atoms with Gasteiger partial charge < -0.3 is 0 Å². The molecule has 1 aromatic rings. The Morgan fingerprint density at radius 1 is 1.28 bits per heavy atom. The van der Waals surface area contributed by atoms with E-state index in [9.17, 15) is 0 Å². The fraction of sp³-hybridized carbons (Fsp3) is 0.667. The van der Waals surface area contributed by atoms with E-state index in [1.165, 1.54) is 51.0 Å². The molecule has 3 heteroatoms. The first kappa shape index (κ1) is 12.1. The Balaban J connectivity index is 1.67. The van der Waals surface area contributed by atoms with Gasteiger partial charge in [-0.2, -0.15) is 0 Å². The lowest BCUT2D eigenvalue weighted by Crippen LogP contribution is -2.55. The Morgan fingerprint density at radius 3 is 3.06 bits per heavy atom. The van der Waals surface area contributed by atoms with Gasteiger partial charge in [0.1, 0.15) is 0 Å². The first-order valence-corrected chi connectivity index (χ1v) is 7.22. The van der Waals surface area contributed by atoms with Crippen molar-refractivity contribution in [1.29, 1.82) is 0 Å². The maximum Gasteiger partial charge on any atom is 0.0336 e. The van der Waals surface area contributed by atoms with Crippen LogP contribution in [0.25, 0.3) is 0 Å². The maximum atomic E-state index is 4.24. The molecule has 0 unspecified atom stereocenters. The van der Waals surface area contributed by atoms with Gasteiger partial charge in [0.25, 0.3) is 0 Å². The lowest BCUT2D eigenvalue weighted by atomic mass is 9.98. The van der Waals surface area contributed by atoms with Gasteiger partial charge in [0, 0.05) is 44.1 Å². The molecule has 2 aliphatic rings. The quantitative estimate of drug-likeness (QED) is 0.797. The molecule has 0 radical (unpaired) electrons. The Morgan fingerprint density at radius 2 is 2.22 bits per heavy atom. The van der Waals surface area contributed by atoms with E-state index in [4.69, 9.17) is 0 Å². The van der Waals surface area contributed by atoms with E-state index in [0.29, 0.717) is 6.04 Å². The predicted octanol–water partition coefficient (Wildman–Crippen LogP) is 2.31. The molecule has 18 heavy (non-hydrogen) atoms.